The lowest BCUT2D eigenvalue weighted by atomic mass is 9.90. The van der Waals surface area contributed by atoms with Crippen molar-refractivity contribution in [2.24, 2.45) is 5.92 Å². The van der Waals surface area contributed by atoms with Crippen LogP contribution in [0.15, 0.2) is 66.7 Å². The molecule has 0 aromatic heterocycles. The normalized spacial score (nSPS) is 23.9. The van der Waals surface area contributed by atoms with Gasteiger partial charge in [0.15, 0.2) is 0 Å². The zero-order chi connectivity index (χ0) is 28.0. The highest BCUT2D eigenvalue weighted by Crippen LogP contribution is 2.47. The second-order valence-electron chi connectivity index (χ2n) is 10.9. The van der Waals surface area contributed by atoms with E-state index in [0.29, 0.717) is 25.7 Å². The van der Waals surface area contributed by atoms with Gasteiger partial charge in [-0.2, -0.15) is 0 Å². The topological polar surface area (TPSA) is 75.7 Å². The summed E-state index contributed by atoms with van der Waals surface area (Å²) in [5.41, 5.74) is 1.09. The Hall–Kier alpha value is -3.37. The van der Waals surface area contributed by atoms with Gasteiger partial charge >= 0.3 is 6.09 Å². The standard InChI is InChI=1S/C30H29F3N2O4S/c31-22-11-20(12-23(32)16-22)25-8-4-7-19(29(25)33)14-28-26(34-40(37,38)24-9-10-24)13-21-15-27(21)35(28)30(36)39-17-18-5-2-1-3-6-18/h1-8,11-12,16,21,24,26-28,34H,9-10,13-15,17H2. The maximum atomic E-state index is 15.9. The molecule has 0 spiro atoms. The van der Waals surface area contributed by atoms with Crippen LogP contribution in [-0.4, -0.2) is 42.8 Å². The smallest absolute Gasteiger partial charge is 0.410 e. The van der Waals surface area contributed by atoms with Crippen molar-refractivity contribution >= 4 is 16.1 Å². The predicted molar refractivity (Wildman–Crippen MR) is 143 cm³/mol. The Labute approximate surface area is 231 Å². The number of nitrogens with zero attached hydrogens (tertiary/aromatic N) is 1. The molecule has 0 bridgehead atoms. The maximum Gasteiger partial charge on any atom is 0.410 e. The third kappa shape index (κ3) is 5.60. The van der Waals surface area contributed by atoms with Crippen molar-refractivity contribution in [2.45, 2.75) is 62.1 Å². The molecule has 3 fully saturated rings. The van der Waals surface area contributed by atoms with E-state index in [1.54, 1.807) is 17.0 Å². The number of halogens is 3. The molecule has 6 nitrogen and oxygen atoms in total. The number of likely N-dealkylation sites (tertiary alicyclic amines) is 1. The van der Waals surface area contributed by atoms with Crippen molar-refractivity contribution in [3.05, 3.63) is 95.3 Å². The first-order chi connectivity index (χ1) is 19.2. The van der Waals surface area contributed by atoms with Gasteiger partial charge in [0.25, 0.3) is 0 Å². The average molecular weight is 571 g/mol. The minimum Gasteiger partial charge on any atom is -0.445 e. The molecular formula is C30H29F3N2O4S. The fourth-order valence-corrected chi connectivity index (χ4v) is 7.39. The molecule has 1 heterocycles. The summed E-state index contributed by atoms with van der Waals surface area (Å²) in [5.74, 6) is -2.20. The Balaban J connectivity index is 1.32. The number of nitrogens with one attached hydrogen (secondary N) is 1. The number of rotatable bonds is 8. The van der Waals surface area contributed by atoms with E-state index < -0.39 is 50.9 Å². The van der Waals surface area contributed by atoms with Crippen LogP contribution in [0.3, 0.4) is 0 Å². The number of hydrogen-bond donors (Lipinski definition) is 1. The quantitative estimate of drug-likeness (QED) is 0.385. The first-order valence-corrected chi connectivity index (χ1v) is 15.0. The molecule has 210 valence electrons. The molecule has 1 N–H and O–H groups in total. The molecule has 6 rings (SSSR count). The zero-order valence-electron chi connectivity index (χ0n) is 21.6. The highest BCUT2D eigenvalue weighted by molar-refractivity contribution is 7.90. The van der Waals surface area contributed by atoms with E-state index in [2.05, 4.69) is 4.72 Å². The molecule has 0 radical (unpaired) electrons. The van der Waals surface area contributed by atoms with Gasteiger partial charge in [-0.25, -0.2) is 31.1 Å². The van der Waals surface area contributed by atoms with E-state index >= 15 is 4.39 Å². The van der Waals surface area contributed by atoms with Gasteiger partial charge in [0.05, 0.1) is 11.3 Å². The van der Waals surface area contributed by atoms with Crippen molar-refractivity contribution in [2.75, 3.05) is 0 Å². The summed E-state index contributed by atoms with van der Waals surface area (Å²) >= 11 is 0. The Bertz CT molecular complexity index is 1510. The molecule has 2 saturated carbocycles. The third-order valence-corrected chi connectivity index (χ3v) is 9.98. The molecule has 3 aliphatic rings. The third-order valence-electron chi connectivity index (χ3n) is 8.00. The van der Waals surface area contributed by atoms with Gasteiger partial charge in [-0.05, 0) is 66.8 Å². The number of carbonyl (C=O) groups is 1. The Morgan fingerprint density at radius 3 is 2.38 bits per heavy atom. The molecule has 1 aliphatic heterocycles. The molecule has 40 heavy (non-hydrogen) atoms. The Morgan fingerprint density at radius 2 is 1.68 bits per heavy atom. The molecule has 4 unspecified atom stereocenters. The van der Waals surface area contributed by atoms with Crippen LogP contribution in [0.5, 0.6) is 0 Å². The summed E-state index contributed by atoms with van der Waals surface area (Å²) in [6, 6.07) is 15.1. The zero-order valence-corrected chi connectivity index (χ0v) is 22.4. The number of amides is 1. The van der Waals surface area contributed by atoms with E-state index in [-0.39, 0.29) is 41.7 Å². The second kappa shape index (κ2) is 10.6. The van der Waals surface area contributed by atoms with Gasteiger partial charge in [-0.3, -0.25) is 0 Å². The fraction of sp³-hybridized carbons (Fsp3) is 0.367. The molecule has 1 amide bonds. The number of hydrogen-bond acceptors (Lipinski definition) is 4. The minimum absolute atomic E-state index is 0.00101. The van der Waals surface area contributed by atoms with Crippen molar-refractivity contribution in [1.29, 1.82) is 0 Å². The van der Waals surface area contributed by atoms with Crippen LogP contribution in [-0.2, 0) is 27.8 Å². The maximum absolute atomic E-state index is 15.9. The fourth-order valence-electron chi connectivity index (χ4n) is 5.76. The molecule has 4 atom stereocenters. The highest BCUT2D eigenvalue weighted by Gasteiger charge is 2.55. The Kier molecular flexibility index (Phi) is 7.08. The first kappa shape index (κ1) is 26.8. The van der Waals surface area contributed by atoms with Gasteiger partial charge in [0, 0.05) is 23.7 Å². The summed E-state index contributed by atoms with van der Waals surface area (Å²) in [5, 5.41) is -0.452. The molecule has 3 aromatic carbocycles. The van der Waals surface area contributed by atoms with Crippen molar-refractivity contribution < 1.29 is 31.1 Å². The van der Waals surface area contributed by atoms with Crippen LogP contribution in [0.25, 0.3) is 11.1 Å². The molecule has 2 aliphatic carbocycles. The number of fused-ring (bicyclic) bond motifs is 1. The monoisotopic (exact) mass is 570 g/mol. The minimum atomic E-state index is -3.60. The number of benzene rings is 3. The van der Waals surface area contributed by atoms with Crippen molar-refractivity contribution in [1.82, 2.24) is 9.62 Å². The van der Waals surface area contributed by atoms with E-state index in [4.69, 9.17) is 4.74 Å². The van der Waals surface area contributed by atoms with Crippen LogP contribution >= 0.6 is 0 Å². The number of carbonyl (C=O) groups excluding carboxylic acids is 1. The van der Waals surface area contributed by atoms with Gasteiger partial charge < -0.3 is 9.64 Å². The summed E-state index contributed by atoms with van der Waals surface area (Å²) in [6.07, 6.45) is 1.83. The lowest BCUT2D eigenvalue weighted by Crippen LogP contribution is -2.59. The van der Waals surface area contributed by atoms with E-state index in [1.807, 2.05) is 30.3 Å². The van der Waals surface area contributed by atoms with Crippen LogP contribution in [0.2, 0.25) is 0 Å². The molecular weight excluding hydrogens is 541 g/mol. The SMILES string of the molecule is O=C(OCc1ccccc1)N1C2CC2CC(NS(=O)(=O)C2CC2)C1Cc1cccc(-c2cc(F)cc(F)c2)c1F. The summed E-state index contributed by atoms with van der Waals surface area (Å²) < 4.78 is 78.0. The van der Waals surface area contributed by atoms with Gasteiger partial charge in [0.1, 0.15) is 24.1 Å². The number of ether oxygens (including phenoxy) is 1. The van der Waals surface area contributed by atoms with E-state index in [1.165, 1.54) is 6.07 Å². The lowest BCUT2D eigenvalue weighted by Gasteiger charge is -2.41. The van der Waals surface area contributed by atoms with Crippen LogP contribution < -0.4 is 4.72 Å². The van der Waals surface area contributed by atoms with Crippen LogP contribution in [0.1, 0.15) is 36.8 Å². The van der Waals surface area contributed by atoms with Crippen molar-refractivity contribution in [3.63, 3.8) is 0 Å². The van der Waals surface area contributed by atoms with Gasteiger partial charge in [-0.1, -0.05) is 48.5 Å². The summed E-state index contributed by atoms with van der Waals surface area (Å²) in [4.78, 5) is 15.0. The van der Waals surface area contributed by atoms with Crippen LogP contribution in [0, 0.1) is 23.4 Å². The lowest BCUT2D eigenvalue weighted by molar-refractivity contribution is 0.0552. The number of piperidine rings is 1. The molecule has 1 saturated heterocycles. The second-order valence-corrected chi connectivity index (χ2v) is 12.9. The van der Waals surface area contributed by atoms with Crippen molar-refractivity contribution in [3.8, 4) is 11.1 Å². The Morgan fingerprint density at radius 1 is 0.950 bits per heavy atom. The van der Waals surface area contributed by atoms with Gasteiger partial charge in [-0.15, -0.1) is 0 Å². The van der Waals surface area contributed by atoms with E-state index in [9.17, 15) is 22.0 Å². The molecule has 3 aromatic rings. The van der Waals surface area contributed by atoms with E-state index in [0.717, 1.165) is 23.8 Å². The van der Waals surface area contributed by atoms with Crippen LogP contribution in [0.4, 0.5) is 18.0 Å². The summed E-state index contributed by atoms with van der Waals surface area (Å²) in [7, 11) is -3.60. The molecule has 10 heteroatoms. The highest BCUT2D eigenvalue weighted by atomic mass is 32.2. The van der Waals surface area contributed by atoms with Gasteiger partial charge in [0.2, 0.25) is 10.0 Å². The number of sulfonamides is 1. The summed E-state index contributed by atoms with van der Waals surface area (Å²) in [6.45, 7) is 0.0493. The first-order valence-electron chi connectivity index (χ1n) is 13.4. The average Bonchev–Trinajstić information content (AvgIpc) is 3.83. The predicted octanol–water partition coefficient (Wildman–Crippen LogP) is 5.56. The largest absolute Gasteiger partial charge is 0.445 e.